The van der Waals surface area contributed by atoms with Crippen LogP contribution in [0.1, 0.15) is 11.1 Å². The fourth-order valence-corrected chi connectivity index (χ4v) is 1.78. The number of aromatic hydroxyl groups is 1. The number of hydrogen-bond donors (Lipinski definition) is 2. The summed E-state index contributed by atoms with van der Waals surface area (Å²) in [5.74, 6) is 0.326. The van der Waals surface area contributed by atoms with Crippen LogP contribution >= 0.6 is 12.4 Å². The standard InChI is InChI=1S/C15H17NO.ClH/c17-15-8-4-7-14(11-15)12-16-10-9-13-5-2-1-3-6-13;/h1-8,11,16-17H,9-10,12H2;1H. The Balaban J connectivity index is 0.00000162. The second-order valence-electron chi connectivity index (χ2n) is 4.08. The Morgan fingerprint density at radius 1 is 0.889 bits per heavy atom. The van der Waals surface area contributed by atoms with Gasteiger partial charge in [-0.15, -0.1) is 12.4 Å². The van der Waals surface area contributed by atoms with Gasteiger partial charge >= 0.3 is 0 Å². The van der Waals surface area contributed by atoms with Gasteiger partial charge in [-0.2, -0.15) is 0 Å². The molecule has 0 aliphatic rings. The lowest BCUT2D eigenvalue weighted by Gasteiger charge is -2.05. The highest BCUT2D eigenvalue weighted by Gasteiger charge is 1.95. The summed E-state index contributed by atoms with van der Waals surface area (Å²) in [5.41, 5.74) is 2.45. The number of nitrogens with one attached hydrogen (secondary N) is 1. The largest absolute Gasteiger partial charge is 0.508 e. The highest BCUT2D eigenvalue weighted by atomic mass is 35.5. The summed E-state index contributed by atoms with van der Waals surface area (Å²) in [5, 5.41) is 12.7. The van der Waals surface area contributed by atoms with Gasteiger partial charge in [0.25, 0.3) is 0 Å². The highest BCUT2D eigenvalue weighted by Crippen LogP contribution is 2.10. The second-order valence-corrected chi connectivity index (χ2v) is 4.08. The molecule has 0 aromatic heterocycles. The molecule has 2 nitrogen and oxygen atoms in total. The summed E-state index contributed by atoms with van der Waals surface area (Å²) in [6.07, 6.45) is 1.03. The van der Waals surface area contributed by atoms with Crippen LogP contribution in [0.3, 0.4) is 0 Å². The minimum atomic E-state index is 0. The van der Waals surface area contributed by atoms with Crippen LogP contribution < -0.4 is 5.32 Å². The van der Waals surface area contributed by atoms with E-state index < -0.39 is 0 Å². The molecule has 0 amide bonds. The SMILES string of the molecule is Cl.Oc1cccc(CNCCc2ccccc2)c1. The second kappa shape index (κ2) is 7.75. The summed E-state index contributed by atoms with van der Waals surface area (Å²) >= 11 is 0. The topological polar surface area (TPSA) is 32.3 Å². The molecule has 0 aliphatic heterocycles. The van der Waals surface area contributed by atoms with Crippen molar-refractivity contribution < 1.29 is 5.11 Å². The van der Waals surface area contributed by atoms with Gasteiger partial charge in [-0.1, -0.05) is 42.5 Å². The summed E-state index contributed by atoms with van der Waals surface area (Å²) in [4.78, 5) is 0. The predicted octanol–water partition coefficient (Wildman–Crippen LogP) is 3.15. The minimum Gasteiger partial charge on any atom is -0.508 e. The maximum Gasteiger partial charge on any atom is 0.115 e. The molecule has 0 bridgehead atoms. The zero-order valence-electron chi connectivity index (χ0n) is 10.2. The summed E-state index contributed by atoms with van der Waals surface area (Å²) in [7, 11) is 0. The molecular weight excluding hydrogens is 246 g/mol. The molecule has 2 aromatic rings. The van der Waals surface area contributed by atoms with E-state index in [1.165, 1.54) is 5.56 Å². The molecule has 0 fully saturated rings. The number of hydrogen-bond acceptors (Lipinski definition) is 2. The Morgan fingerprint density at radius 2 is 1.61 bits per heavy atom. The van der Waals surface area contributed by atoms with Crippen molar-refractivity contribution in [1.29, 1.82) is 0 Å². The molecule has 0 radical (unpaired) electrons. The molecule has 18 heavy (non-hydrogen) atoms. The summed E-state index contributed by atoms with van der Waals surface area (Å²) in [6.45, 7) is 1.74. The van der Waals surface area contributed by atoms with Gasteiger partial charge < -0.3 is 10.4 Å². The van der Waals surface area contributed by atoms with E-state index in [9.17, 15) is 5.11 Å². The van der Waals surface area contributed by atoms with Gasteiger partial charge in [0.2, 0.25) is 0 Å². The molecule has 0 aliphatic carbocycles. The van der Waals surface area contributed by atoms with Gasteiger partial charge in [-0.3, -0.25) is 0 Å². The van der Waals surface area contributed by atoms with Crippen LogP contribution in [0, 0.1) is 0 Å². The summed E-state index contributed by atoms with van der Waals surface area (Å²) < 4.78 is 0. The van der Waals surface area contributed by atoms with Crippen LogP contribution in [0.5, 0.6) is 5.75 Å². The lowest BCUT2D eigenvalue weighted by Crippen LogP contribution is -2.16. The van der Waals surface area contributed by atoms with Gasteiger partial charge in [-0.05, 0) is 36.2 Å². The molecule has 96 valence electrons. The maximum atomic E-state index is 9.32. The number of halogens is 1. The zero-order valence-corrected chi connectivity index (χ0v) is 11.0. The Morgan fingerprint density at radius 3 is 2.33 bits per heavy atom. The lowest BCUT2D eigenvalue weighted by atomic mass is 10.1. The van der Waals surface area contributed by atoms with E-state index in [1.54, 1.807) is 12.1 Å². The first-order valence-electron chi connectivity index (χ1n) is 5.87. The normalized spacial score (nSPS) is 9.78. The Labute approximate surface area is 114 Å². The van der Waals surface area contributed by atoms with Crippen molar-refractivity contribution in [3.05, 3.63) is 65.7 Å². The van der Waals surface area contributed by atoms with Crippen molar-refractivity contribution in [1.82, 2.24) is 5.32 Å². The quantitative estimate of drug-likeness (QED) is 0.813. The number of benzene rings is 2. The van der Waals surface area contributed by atoms with E-state index in [4.69, 9.17) is 0 Å². The molecule has 3 heteroatoms. The van der Waals surface area contributed by atoms with Crippen molar-refractivity contribution in [2.45, 2.75) is 13.0 Å². The fourth-order valence-electron chi connectivity index (χ4n) is 1.78. The van der Waals surface area contributed by atoms with Crippen LogP contribution in [-0.2, 0) is 13.0 Å². The minimum absolute atomic E-state index is 0. The number of phenols is 1. The van der Waals surface area contributed by atoms with Gasteiger partial charge in [0.1, 0.15) is 5.75 Å². The van der Waals surface area contributed by atoms with Crippen molar-refractivity contribution in [2.75, 3.05) is 6.54 Å². The van der Waals surface area contributed by atoms with Crippen molar-refractivity contribution in [3.63, 3.8) is 0 Å². The molecular formula is C15H18ClNO. The monoisotopic (exact) mass is 263 g/mol. The van der Waals surface area contributed by atoms with Crippen LogP contribution in [0.25, 0.3) is 0 Å². The number of rotatable bonds is 5. The van der Waals surface area contributed by atoms with Crippen LogP contribution in [0.15, 0.2) is 54.6 Å². The molecule has 0 heterocycles. The predicted molar refractivity (Wildman–Crippen MR) is 77.2 cm³/mol. The first-order chi connectivity index (χ1) is 8.34. The van der Waals surface area contributed by atoms with Crippen molar-refractivity contribution in [2.24, 2.45) is 0 Å². The summed E-state index contributed by atoms with van der Waals surface area (Å²) in [6, 6.07) is 17.8. The fraction of sp³-hybridized carbons (Fsp3) is 0.200. The Kier molecular flexibility index (Phi) is 6.26. The van der Waals surface area contributed by atoms with Crippen LogP contribution in [0.4, 0.5) is 0 Å². The van der Waals surface area contributed by atoms with Crippen molar-refractivity contribution >= 4 is 12.4 Å². The first-order valence-corrected chi connectivity index (χ1v) is 5.87. The van der Waals surface area contributed by atoms with Crippen molar-refractivity contribution in [3.8, 4) is 5.75 Å². The zero-order chi connectivity index (χ0) is 11.9. The van der Waals surface area contributed by atoms with E-state index in [2.05, 4.69) is 29.6 Å². The van der Waals surface area contributed by atoms with E-state index in [0.717, 1.165) is 25.1 Å². The molecule has 0 unspecified atom stereocenters. The molecule has 0 atom stereocenters. The smallest absolute Gasteiger partial charge is 0.115 e. The van der Waals surface area contributed by atoms with Crippen LogP contribution in [-0.4, -0.2) is 11.7 Å². The van der Waals surface area contributed by atoms with E-state index >= 15 is 0 Å². The first kappa shape index (κ1) is 14.6. The van der Waals surface area contributed by atoms with Gasteiger partial charge in [-0.25, -0.2) is 0 Å². The Bertz CT molecular complexity index is 459. The third-order valence-electron chi connectivity index (χ3n) is 2.67. The third kappa shape index (κ3) is 4.78. The van der Waals surface area contributed by atoms with Gasteiger partial charge in [0.05, 0.1) is 0 Å². The van der Waals surface area contributed by atoms with E-state index in [-0.39, 0.29) is 12.4 Å². The maximum absolute atomic E-state index is 9.32. The molecule has 2 aromatic carbocycles. The van der Waals surface area contributed by atoms with Crippen LogP contribution in [0.2, 0.25) is 0 Å². The average Bonchev–Trinajstić information content (AvgIpc) is 2.36. The Hall–Kier alpha value is -1.51. The van der Waals surface area contributed by atoms with Gasteiger partial charge in [0.15, 0.2) is 0 Å². The third-order valence-corrected chi connectivity index (χ3v) is 2.67. The molecule has 0 saturated heterocycles. The molecule has 2 rings (SSSR count). The highest BCUT2D eigenvalue weighted by molar-refractivity contribution is 5.85. The average molecular weight is 264 g/mol. The number of phenolic OH excluding ortho intramolecular Hbond substituents is 1. The molecule has 0 saturated carbocycles. The molecule has 2 N–H and O–H groups in total. The van der Waals surface area contributed by atoms with E-state index in [1.807, 2.05) is 18.2 Å². The van der Waals surface area contributed by atoms with E-state index in [0.29, 0.717) is 5.75 Å². The van der Waals surface area contributed by atoms with Gasteiger partial charge in [0, 0.05) is 6.54 Å². The lowest BCUT2D eigenvalue weighted by molar-refractivity contribution is 0.474. The molecule has 0 spiro atoms.